The molecule has 1 aliphatic heterocycles. The van der Waals surface area contributed by atoms with E-state index in [-0.39, 0.29) is 18.4 Å². The third-order valence-corrected chi connectivity index (χ3v) is 6.08. The van der Waals surface area contributed by atoms with E-state index in [1.54, 1.807) is 23.2 Å². The topological polar surface area (TPSA) is 62.7 Å². The summed E-state index contributed by atoms with van der Waals surface area (Å²) in [6, 6.07) is 13.5. The van der Waals surface area contributed by atoms with Crippen molar-refractivity contribution in [3.05, 3.63) is 58.4 Å². The Morgan fingerprint density at radius 1 is 1.23 bits per heavy atom. The van der Waals surface area contributed by atoms with E-state index in [4.69, 9.17) is 4.74 Å². The molecule has 0 radical (unpaired) electrons. The number of likely N-dealkylation sites (N-methyl/N-ethyl adjacent to an activating group) is 1. The van der Waals surface area contributed by atoms with Crippen LogP contribution in [0.3, 0.4) is 0 Å². The molecule has 0 N–H and O–H groups in total. The first-order chi connectivity index (χ1) is 14.9. The third kappa shape index (κ3) is 4.18. The smallest absolute Gasteiger partial charge is 0.268 e. The fraction of sp³-hybridized carbons (Fsp3) is 0.292. The number of nitrogens with zero attached hydrogens (tertiary/aromatic N) is 3. The predicted octanol–water partition coefficient (Wildman–Crippen LogP) is 4.59. The standard InChI is InChI=1S/C24H25N3O3S/c1-5-26(19-8-6-7-15(2)11-19)23(28)13-27-21-12-18(20-14-31-17(4)25-20)9-10-22(21)30-16(3)24(27)29/h6-12,14,16H,5,13H2,1-4H3. The van der Waals surface area contributed by atoms with Gasteiger partial charge < -0.3 is 9.64 Å². The summed E-state index contributed by atoms with van der Waals surface area (Å²) in [5, 5.41) is 2.95. The summed E-state index contributed by atoms with van der Waals surface area (Å²) in [6.07, 6.45) is -0.651. The number of fused-ring (bicyclic) bond motifs is 1. The zero-order valence-electron chi connectivity index (χ0n) is 18.1. The van der Waals surface area contributed by atoms with Crippen molar-refractivity contribution in [3.8, 4) is 17.0 Å². The highest BCUT2D eigenvalue weighted by Gasteiger charge is 2.34. The van der Waals surface area contributed by atoms with Crippen molar-refractivity contribution in [2.24, 2.45) is 0 Å². The summed E-state index contributed by atoms with van der Waals surface area (Å²) in [5.41, 5.74) is 4.23. The number of aryl methyl sites for hydroxylation is 2. The Kier molecular flexibility index (Phi) is 5.78. The van der Waals surface area contributed by atoms with Crippen LogP contribution in [0, 0.1) is 13.8 Å². The minimum Gasteiger partial charge on any atom is -0.479 e. The first-order valence-electron chi connectivity index (χ1n) is 10.3. The van der Waals surface area contributed by atoms with Crippen LogP contribution in [-0.4, -0.2) is 36.0 Å². The number of anilines is 2. The van der Waals surface area contributed by atoms with Crippen molar-refractivity contribution in [1.82, 2.24) is 4.98 Å². The van der Waals surface area contributed by atoms with E-state index in [2.05, 4.69) is 4.98 Å². The SMILES string of the molecule is CCN(C(=O)CN1C(=O)C(C)Oc2ccc(-c3csc(C)n3)cc21)c1cccc(C)c1. The highest BCUT2D eigenvalue weighted by molar-refractivity contribution is 7.09. The van der Waals surface area contributed by atoms with Crippen molar-refractivity contribution in [3.63, 3.8) is 0 Å². The number of amides is 2. The Morgan fingerprint density at radius 3 is 2.71 bits per heavy atom. The second-order valence-electron chi connectivity index (χ2n) is 7.60. The Hall–Kier alpha value is -3.19. The molecule has 4 rings (SSSR count). The molecule has 1 unspecified atom stereocenters. The monoisotopic (exact) mass is 435 g/mol. The Balaban J connectivity index is 1.67. The lowest BCUT2D eigenvalue weighted by Crippen LogP contribution is -2.49. The average molecular weight is 436 g/mol. The molecule has 0 fully saturated rings. The van der Waals surface area contributed by atoms with Gasteiger partial charge in [-0.15, -0.1) is 11.3 Å². The van der Waals surface area contributed by atoms with Crippen LogP contribution in [0.2, 0.25) is 0 Å². The maximum Gasteiger partial charge on any atom is 0.268 e. The number of benzene rings is 2. The van der Waals surface area contributed by atoms with Crippen molar-refractivity contribution in [1.29, 1.82) is 0 Å². The fourth-order valence-corrected chi connectivity index (χ4v) is 4.37. The van der Waals surface area contributed by atoms with Crippen LogP contribution in [0.25, 0.3) is 11.3 Å². The van der Waals surface area contributed by atoms with E-state index in [1.807, 2.05) is 68.6 Å². The lowest BCUT2D eigenvalue weighted by molar-refractivity contribution is -0.127. The quantitative estimate of drug-likeness (QED) is 0.588. The molecule has 0 aliphatic carbocycles. The van der Waals surface area contributed by atoms with Crippen molar-refractivity contribution < 1.29 is 14.3 Å². The van der Waals surface area contributed by atoms with Crippen LogP contribution in [0.5, 0.6) is 5.75 Å². The van der Waals surface area contributed by atoms with Crippen LogP contribution in [0.1, 0.15) is 24.4 Å². The van der Waals surface area contributed by atoms with Gasteiger partial charge >= 0.3 is 0 Å². The second-order valence-corrected chi connectivity index (χ2v) is 8.66. The highest BCUT2D eigenvalue weighted by Crippen LogP contribution is 2.38. The van der Waals surface area contributed by atoms with E-state index < -0.39 is 6.10 Å². The molecular weight excluding hydrogens is 410 g/mol. The normalized spacial score (nSPS) is 15.4. The molecule has 3 aromatic rings. The molecule has 0 bridgehead atoms. The van der Waals surface area contributed by atoms with Gasteiger partial charge in [0.15, 0.2) is 6.10 Å². The van der Waals surface area contributed by atoms with Gasteiger partial charge in [-0.2, -0.15) is 0 Å². The molecule has 1 aliphatic rings. The lowest BCUT2D eigenvalue weighted by atomic mass is 10.1. The van der Waals surface area contributed by atoms with E-state index >= 15 is 0 Å². The largest absolute Gasteiger partial charge is 0.479 e. The molecule has 1 aromatic heterocycles. The first-order valence-corrected chi connectivity index (χ1v) is 11.2. The van der Waals surface area contributed by atoms with Crippen LogP contribution in [-0.2, 0) is 9.59 Å². The minimum absolute atomic E-state index is 0.0547. The number of carbonyl (C=O) groups is 2. The zero-order valence-corrected chi connectivity index (χ0v) is 18.9. The number of aromatic nitrogens is 1. The molecule has 6 nitrogen and oxygen atoms in total. The number of thiazole rings is 1. The van der Waals surface area contributed by atoms with Crippen molar-refractivity contribution in [2.75, 3.05) is 22.9 Å². The fourth-order valence-electron chi connectivity index (χ4n) is 3.74. The van der Waals surface area contributed by atoms with E-state index in [9.17, 15) is 9.59 Å². The van der Waals surface area contributed by atoms with Gasteiger partial charge in [-0.05, 0) is 63.6 Å². The number of hydrogen-bond acceptors (Lipinski definition) is 5. The van der Waals surface area contributed by atoms with Gasteiger partial charge in [0, 0.05) is 23.2 Å². The Bertz CT molecular complexity index is 1140. The summed E-state index contributed by atoms with van der Waals surface area (Å²) in [6.45, 7) is 8.05. The van der Waals surface area contributed by atoms with Gasteiger partial charge in [-0.1, -0.05) is 12.1 Å². The van der Waals surface area contributed by atoms with Gasteiger partial charge in [0.1, 0.15) is 12.3 Å². The summed E-state index contributed by atoms with van der Waals surface area (Å²) < 4.78 is 5.81. The molecule has 31 heavy (non-hydrogen) atoms. The Morgan fingerprint density at radius 2 is 2.03 bits per heavy atom. The molecule has 7 heteroatoms. The van der Waals surface area contributed by atoms with Crippen LogP contribution >= 0.6 is 11.3 Å². The average Bonchev–Trinajstić information content (AvgIpc) is 3.18. The number of carbonyl (C=O) groups excluding carboxylic acids is 2. The molecule has 0 saturated heterocycles. The van der Waals surface area contributed by atoms with Crippen LogP contribution in [0.4, 0.5) is 11.4 Å². The van der Waals surface area contributed by atoms with E-state index in [0.717, 1.165) is 27.5 Å². The summed E-state index contributed by atoms with van der Waals surface area (Å²) in [5.74, 6) is 0.221. The van der Waals surface area contributed by atoms with Gasteiger partial charge in [-0.25, -0.2) is 4.98 Å². The minimum atomic E-state index is -0.651. The molecule has 160 valence electrons. The lowest BCUT2D eigenvalue weighted by Gasteiger charge is -2.34. The molecule has 1 atom stereocenters. The predicted molar refractivity (Wildman–Crippen MR) is 124 cm³/mol. The van der Waals surface area contributed by atoms with Crippen molar-refractivity contribution in [2.45, 2.75) is 33.8 Å². The molecular formula is C24H25N3O3S. The molecule has 2 aromatic carbocycles. The van der Waals surface area contributed by atoms with Gasteiger partial charge in [0.05, 0.1) is 16.4 Å². The van der Waals surface area contributed by atoms with Crippen LogP contribution < -0.4 is 14.5 Å². The highest BCUT2D eigenvalue weighted by atomic mass is 32.1. The number of ether oxygens (including phenoxy) is 1. The molecule has 0 spiro atoms. The second kappa shape index (κ2) is 8.51. The third-order valence-electron chi connectivity index (χ3n) is 5.31. The van der Waals surface area contributed by atoms with E-state index in [1.165, 1.54) is 4.90 Å². The molecule has 2 amide bonds. The van der Waals surface area contributed by atoms with Gasteiger partial charge in [0.25, 0.3) is 5.91 Å². The van der Waals surface area contributed by atoms with Crippen LogP contribution in [0.15, 0.2) is 47.8 Å². The van der Waals surface area contributed by atoms with Gasteiger partial charge in [0.2, 0.25) is 5.91 Å². The summed E-state index contributed by atoms with van der Waals surface area (Å²) >= 11 is 1.57. The Labute approximate surface area is 186 Å². The molecule has 0 saturated carbocycles. The first kappa shape index (κ1) is 21.1. The zero-order chi connectivity index (χ0) is 22.1. The maximum absolute atomic E-state index is 13.3. The summed E-state index contributed by atoms with van der Waals surface area (Å²) in [7, 11) is 0. The molecule has 2 heterocycles. The van der Waals surface area contributed by atoms with Crippen molar-refractivity contribution >= 4 is 34.5 Å². The number of rotatable bonds is 5. The number of hydrogen-bond donors (Lipinski definition) is 0. The van der Waals surface area contributed by atoms with E-state index in [0.29, 0.717) is 18.0 Å². The maximum atomic E-state index is 13.3. The summed E-state index contributed by atoms with van der Waals surface area (Å²) in [4.78, 5) is 34.0. The van der Waals surface area contributed by atoms with Gasteiger partial charge in [-0.3, -0.25) is 14.5 Å².